The van der Waals surface area contributed by atoms with Crippen molar-refractivity contribution in [2.45, 2.75) is 45.3 Å². The van der Waals surface area contributed by atoms with Gasteiger partial charge < -0.3 is 9.72 Å². The van der Waals surface area contributed by atoms with E-state index in [1.165, 1.54) is 8.93 Å². The molecule has 1 amide bonds. The van der Waals surface area contributed by atoms with Crippen molar-refractivity contribution in [1.29, 1.82) is 0 Å². The highest BCUT2D eigenvalue weighted by Crippen LogP contribution is 2.31. The number of carbonyl (C=O) groups is 1. The summed E-state index contributed by atoms with van der Waals surface area (Å²) >= 11 is 2.12. The SMILES string of the molecule is CC(C)(C)OC(=O)N1CCCC1c1ncc(C#CSI)[nH]1. The second-order valence-corrected chi connectivity index (χ2v) is 7.50. The molecule has 1 aliphatic heterocycles. The van der Waals surface area contributed by atoms with E-state index >= 15 is 0 Å². The Kier molecular flexibility index (Phi) is 5.43. The highest BCUT2D eigenvalue weighted by Gasteiger charge is 2.34. The maximum absolute atomic E-state index is 12.3. The van der Waals surface area contributed by atoms with Gasteiger partial charge in [-0.1, -0.05) is 0 Å². The summed E-state index contributed by atoms with van der Waals surface area (Å²) in [7, 11) is 1.43. The third-order valence-corrected chi connectivity index (χ3v) is 3.86. The van der Waals surface area contributed by atoms with E-state index in [9.17, 15) is 4.79 Å². The molecule has 7 heteroatoms. The van der Waals surface area contributed by atoms with Crippen molar-refractivity contribution in [1.82, 2.24) is 14.9 Å². The fourth-order valence-corrected chi connectivity index (χ4v) is 2.71. The molecular formula is C14H18IN3O2S. The third kappa shape index (κ3) is 4.54. The molecule has 0 radical (unpaired) electrons. The van der Waals surface area contributed by atoms with E-state index in [4.69, 9.17) is 4.74 Å². The zero-order valence-corrected chi connectivity index (χ0v) is 15.2. The molecule has 5 nitrogen and oxygen atoms in total. The maximum atomic E-state index is 12.3. The first-order valence-electron chi connectivity index (χ1n) is 6.74. The van der Waals surface area contributed by atoms with Gasteiger partial charge in [0.2, 0.25) is 0 Å². The van der Waals surface area contributed by atoms with Crippen molar-refractivity contribution in [2.75, 3.05) is 6.54 Å². The first kappa shape index (κ1) is 16.5. The van der Waals surface area contributed by atoms with Gasteiger partial charge in [-0.15, -0.1) is 0 Å². The molecule has 1 fully saturated rings. The molecule has 1 saturated heterocycles. The van der Waals surface area contributed by atoms with Crippen molar-refractivity contribution in [3.8, 4) is 11.2 Å². The summed E-state index contributed by atoms with van der Waals surface area (Å²) in [5.41, 5.74) is 0.284. The van der Waals surface area contributed by atoms with Crippen molar-refractivity contribution in [3.05, 3.63) is 17.7 Å². The normalized spacial score (nSPS) is 18.3. The Morgan fingerprint density at radius 2 is 2.38 bits per heavy atom. The van der Waals surface area contributed by atoms with Gasteiger partial charge in [0.25, 0.3) is 0 Å². The van der Waals surface area contributed by atoms with Crippen LogP contribution in [0.3, 0.4) is 0 Å². The van der Waals surface area contributed by atoms with E-state index < -0.39 is 5.60 Å². The maximum Gasteiger partial charge on any atom is 0.410 e. The van der Waals surface area contributed by atoms with Crippen LogP contribution in [0.25, 0.3) is 0 Å². The topological polar surface area (TPSA) is 58.2 Å². The van der Waals surface area contributed by atoms with Crippen LogP contribution in [0.15, 0.2) is 6.20 Å². The van der Waals surface area contributed by atoms with Gasteiger partial charge in [0.15, 0.2) is 0 Å². The van der Waals surface area contributed by atoms with E-state index in [1.807, 2.05) is 20.8 Å². The number of H-pyrrole nitrogens is 1. The molecule has 1 unspecified atom stereocenters. The monoisotopic (exact) mass is 419 g/mol. The number of hydrogen-bond donors (Lipinski definition) is 1. The second kappa shape index (κ2) is 6.92. The Morgan fingerprint density at radius 1 is 1.62 bits per heavy atom. The minimum atomic E-state index is -0.485. The number of imidazole rings is 1. The van der Waals surface area contributed by atoms with Crippen molar-refractivity contribution in [3.63, 3.8) is 0 Å². The molecule has 1 aliphatic rings. The van der Waals surface area contributed by atoms with Crippen LogP contribution in [0.4, 0.5) is 4.79 Å². The minimum absolute atomic E-state index is 0.0531. The van der Waals surface area contributed by atoms with Crippen LogP contribution < -0.4 is 0 Å². The van der Waals surface area contributed by atoms with Crippen LogP contribution >= 0.6 is 30.1 Å². The number of hydrogen-bond acceptors (Lipinski definition) is 4. The molecule has 1 aromatic rings. The summed E-state index contributed by atoms with van der Waals surface area (Å²) in [6.45, 7) is 6.32. The van der Waals surface area contributed by atoms with E-state index in [1.54, 1.807) is 11.1 Å². The number of ether oxygens (including phenoxy) is 1. The Labute approximate surface area is 141 Å². The predicted octanol–water partition coefficient (Wildman–Crippen LogP) is 3.87. The lowest BCUT2D eigenvalue weighted by Gasteiger charge is -2.27. The minimum Gasteiger partial charge on any atom is -0.444 e. The Balaban J connectivity index is 2.11. The van der Waals surface area contributed by atoms with Gasteiger partial charge in [-0.25, -0.2) is 9.78 Å². The Bertz CT molecular complexity index is 571. The van der Waals surface area contributed by atoms with Crippen LogP contribution in [0, 0.1) is 11.2 Å². The number of nitrogens with one attached hydrogen (secondary N) is 1. The van der Waals surface area contributed by atoms with Gasteiger partial charge in [-0.3, -0.25) is 4.90 Å². The third-order valence-electron chi connectivity index (χ3n) is 3.02. The molecule has 0 saturated carbocycles. The van der Waals surface area contributed by atoms with Crippen LogP contribution in [-0.2, 0) is 4.74 Å². The van der Waals surface area contributed by atoms with Gasteiger partial charge in [0.05, 0.1) is 12.2 Å². The van der Waals surface area contributed by atoms with Crippen molar-refractivity contribution >= 4 is 36.2 Å². The summed E-state index contributed by atoms with van der Waals surface area (Å²) in [6.07, 6.45) is 3.27. The van der Waals surface area contributed by atoms with Gasteiger partial charge >= 0.3 is 6.09 Å². The molecule has 114 valence electrons. The molecule has 0 spiro atoms. The first-order valence-corrected chi connectivity index (χ1v) is 10.1. The molecule has 2 rings (SSSR count). The van der Waals surface area contributed by atoms with E-state index in [2.05, 4.69) is 42.3 Å². The highest BCUT2D eigenvalue weighted by atomic mass is 127. The van der Waals surface area contributed by atoms with Gasteiger partial charge in [-0.2, -0.15) is 0 Å². The molecule has 0 aromatic carbocycles. The molecular weight excluding hydrogens is 401 g/mol. The molecule has 1 aromatic heterocycles. The van der Waals surface area contributed by atoms with Crippen molar-refractivity contribution < 1.29 is 9.53 Å². The number of halogens is 1. The summed E-state index contributed by atoms with van der Waals surface area (Å²) in [5, 5.41) is 2.91. The highest BCUT2D eigenvalue weighted by molar-refractivity contribution is 14.2. The molecule has 0 aliphatic carbocycles. The van der Waals surface area contributed by atoms with Crippen LogP contribution in [0.2, 0.25) is 0 Å². The van der Waals surface area contributed by atoms with Crippen LogP contribution in [0.1, 0.15) is 51.2 Å². The fraction of sp³-hybridized carbons (Fsp3) is 0.571. The average Bonchev–Trinajstić information content (AvgIpc) is 3.02. The van der Waals surface area contributed by atoms with Gasteiger partial charge in [0.1, 0.15) is 17.1 Å². The predicted molar refractivity (Wildman–Crippen MR) is 92.0 cm³/mol. The number of aromatic nitrogens is 2. The summed E-state index contributed by atoms with van der Waals surface area (Å²) in [4.78, 5) is 21.5. The zero-order chi connectivity index (χ0) is 15.5. The van der Waals surface area contributed by atoms with Gasteiger partial charge in [-0.05, 0) is 53.7 Å². The molecule has 1 N–H and O–H groups in total. The smallest absolute Gasteiger partial charge is 0.410 e. The summed E-state index contributed by atoms with van der Waals surface area (Å²) in [5.74, 6) is 3.75. The van der Waals surface area contributed by atoms with Crippen molar-refractivity contribution in [2.24, 2.45) is 0 Å². The number of nitrogens with zero attached hydrogens (tertiary/aromatic N) is 2. The average molecular weight is 419 g/mol. The molecule has 21 heavy (non-hydrogen) atoms. The number of carbonyl (C=O) groups excluding carboxylic acids is 1. The number of rotatable bonds is 1. The standard InChI is InChI=1S/C14H18IN3O2S/c1-14(2,3)20-13(19)18-7-4-5-11(18)12-16-9-10(17-12)6-8-21-15/h9,11H,4-5,7H2,1-3H3,(H,16,17). The lowest BCUT2D eigenvalue weighted by Crippen LogP contribution is -2.36. The van der Waals surface area contributed by atoms with Gasteiger partial charge in [0, 0.05) is 27.8 Å². The molecule has 0 bridgehead atoms. The first-order chi connectivity index (χ1) is 9.90. The van der Waals surface area contributed by atoms with Crippen LogP contribution in [-0.4, -0.2) is 33.1 Å². The van der Waals surface area contributed by atoms with E-state index in [0.29, 0.717) is 6.54 Å². The number of aromatic amines is 1. The quantitative estimate of drug-likeness (QED) is 0.555. The second-order valence-electron chi connectivity index (χ2n) is 5.82. The summed E-state index contributed by atoms with van der Waals surface area (Å²) < 4.78 is 5.46. The summed E-state index contributed by atoms with van der Waals surface area (Å²) in [6, 6.07) is -0.0531. The lowest BCUT2D eigenvalue weighted by molar-refractivity contribution is 0.0218. The number of likely N-dealkylation sites (tertiary alicyclic amines) is 1. The van der Waals surface area contributed by atoms with Crippen LogP contribution in [0.5, 0.6) is 0 Å². The molecule has 1 atom stereocenters. The Hall–Kier alpha value is -0.880. The van der Waals surface area contributed by atoms with E-state index in [-0.39, 0.29) is 12.1 Å². The molecule has 2 heterocycles. The zero-order valence-electron chi connectivity index (χ0n) is 12.3. The largest absolute Gasteiger partial charge is 0.444 e. The lowest BCUT2D eigenvalue weighted by atomic mass is 10.2. The van der Waals surface area contributed by atoms with E-state index in [0.717, 1.165) is 24.4 Å². The fourth-order valence-electron chi connectivity index (χ4n) is 2.23. The Morgan fingerprint density at radius 3 is 3.05 bits per heavy atom. The number of amides is 1.